The Kier molecular flexibility index (Phi) is 4.84. The number of unbranched alkanes of at least 4 members (excludes halogenated alkanes) is 1. The first-order chi connectivity index (χ1) is 17.8. The monoisotopic (exact) mass is 466 g/mol. The molecule has 0 amide bonds. The summed E-state index contributed by atoms with van der Waals surface area (Å²) in [5, 5.41) is 14.2. The summed E-state index contributed by atoms with van der Waals surface area (Å²) >= 11 is 0. The van der Waals surface area contributed by atoms with Crippen molar-refractivity contribution in [1.82, 2.24) is 19.2 Å². The van der Waals surface area contributed by atoms with Crippen LogP contribution in [0.15, 0.2) is 103 Å². The van der Waals surface area contributed by atoms with Crippen LogP contribution in [0, 0.1) is 0 Å². The highest BCUT2D eigenvalue weighted by molar-refractivity contribution is 6.09. The lowest BCUT2D eigenvalue weighted by Gasteiger charge is -2.10. The molecular weight excluding hydrogens is 440 g/mol. The van der Waals surface area contributed by atoms with E-state index in [9.17, 15) is 0 Å². The number of fused-ring (bicyclic) bond motifs is 6. The zero-order chi connectivity index (χ0) is 24.1. The van der Waals surface area contributed by atoms with Gasteiger partial charge in [0.15, 0.2) is 11.5 Å². The van der Waals surface area contributed by atoms with Crippen LogP contribution in [0.1, 0.15) is 25.3 Å². The van der Waals surface area contributed by atoms with Gasteiger partial charge >= 0.3 is 0 Å². The molecule has 4 aromatic carbocycles. The van der Waals surface area contributed by atoms with Crippen LogP contribution < -0.4 is 0 Å². The summed E-state index contributed by atoms with van der Waals surface area (Å²) in [4.78, 5) is 0. The van der Waals surface area contributed by atoms with E-state index in [1.54, 1.807) is 0 Å². The molecule has 0 saturated heterocycles. The van der Waals surface area contributed by atoms with Crippen molar-refractivity contribution in [1.29, 1.82) is 0 Å². The Morgan fingerprint density at radius 3 is 1.92 bits per heavy atom. The van der Waals surface area contributed by atoms with Crippen molar-refractivity contribution in [2.45, 2.75) is 26.2 Å². The summed E-state index contributed by atoms with van der Waals surface area (Å²) in [6, 6.07) is 34.5. The normalized spacial score (nSPS) is 11.8. The SMILES string of the molecule is CCCCc1cn2c(-c3ccc(-n4c5ccccc5c5ccccc54)cc3)nnc2c2ccccc12. The van der Waals surface area contributed by atoms with Crippen LogP contribution in [0.25, 0.3) is 55.3 Å². The second-order valence-corrected chi connectivity index (χ2v) is 9.44. The number of para-hydroxylation sites is 2. The van der Waals surface area contributed by atoms with Gasteiger partial charge in [0, 0.05) is 33.6 Å². The fraction of sp³-hybridized carbons (Fsp3) is 0.125. The highest BCUT2D eigenvalue weighted by Gasteiger charge is 2.15. The van der Waals surface area contributed by atoms with Gasteiger partial charge in [0.05, 0.1) is 11.0 Å². The molecule has 7 rings (SSSR count). The molecule has 36 heavy (non-hydrogen) atoms. The molecule has 0 fully saturated rings. The molecule has 7 aromatic rings. The summed E-state index contributed by atoms with van der Waals surface area (Å²) in [7, 11) is 0. The third kappa shape index (κ3) is 3.14. The first kappa shape index (κ1) is 20.9. The van der Waals surface area contributed by atoms with Crippen molar-refractivity contribution in [3.63, 3.8) is 0 Å². The minimum atomic E-state index is 0.877. The first-order valence-corrected chi connectivity index (χ1v) is 12.7. The number of aromatic nitrogens is 4. The Morgan fingerprint density at radius 1 is 0.639 bits per heavy atom. The highest BCUT2D eigenvalue weighted by atomic mass is 15.2. The van der Waals surface area contributed by atoms with E-state index in [1.807, 2.05) is 0 Å². The molecule has 0 spiro atoms. The Balaban J connectivity index is 1.38. The van der Waals surface area contributed by atoms with Crippen LogP contribution in [0.2, 0.25) is 0 Å². The average molecular weight is 467 g/mol. The molecule has 4 nitrogen and oxygen atoms in total. The molecule has 174 valence electrons. The van der Waals surface area contributed by atoms with E-state index < -0.39 is 0 Å². The minimum Gasteiger partial charge on any atom is -0.309 e. The molecule has 0 atom stereocenters. The maximum absolute atomic E-state index is 4.64. The van der Waals surface area contributed by atoms with E-state index in [1.165, 1.54) is 45.6 Å². The average Bonchev–Trinajstić information content (AvgIpc) is 3.51. The summed E-state index contributed by atoms with van der Waals surface area (Å²) in [5.74, 6) is 0.877. The Bertz CT molecular complexity index is 1820. The van der Waals surface area contributed by atoms with Crippen molar-refractivity contribution in [3.8, 4) is 17.1 Å². The van der Waals surface area contributed by atoms with Gasteiger partial charge in [-0.3, -0.25) is 4.40 Å². The first-order valence-electron chi connectivity index (χ1n) is 12.7. The molecule has 4 heteroatoms. The van der Waals surface area contributed by atoms with Crippen molar-refractivity contribution in [3.05, 3.63) is 109 Å². The maximum atomic E-state index is 4.64. The zero-order valence-corrected chi connectivity index (χ0v) is 20.2. The van der Waals surface area contributed by atoms with E-state index in [4.69, 9.17) is 0 Å². The molecule has 0 aliphatic rings. The fourth-order valence-electron chi connectivity index (χ4n) is 5.50. The second kappa shape index (κ2) is 8.35. The molecule has 3 heterocycles. The lowest BCUT2D eigenvalue weighted by Crippen LogP contribution is -1.97. The zero-order valence-electron chi connectivity index (χ0n) is 20.2. The van der Waals surface area contributed by atoms with Crippen LogP contribution in [0.4, 0.5) is 0 Å². The smallest absolute Gasteiger partial charge is 0.168 e. The van der Waals surface area contributed by atoms with Gasteiger partial charge in [0.2, 0.25) is 0 Å². The van der Waals surface area contributed by atoms with Crippen LogP contribution in [0.3, 0.4) is 0 Å². The molecular formula is C32H26N4. The second-order valence-electron chi connectivity index (χ2n) is 9.44. The molecule has 0 N–H and O–H groups in total. The van der Waals surface area contributed by atoms with E-state index >= 15 is 0 Å². The molecule has 0 bridgehead atoms. The summed E-state index contributed by atoms with van der Waals surface area (Å²) in [6.45, 7) is 2.24. The van der Waals surface area contributed by atoms with Gasteiger partial charge in [0.1, 0.15) is 0 Å². The number of pyridine rings is 1. The van der Waals surface area contributed by atoms with Crippen molar-refractivity contribution in [2.24, 2.45) is 0 Å². The molecule has 0 aliphatic carbocycles. The summed E-state index contributed by atoms with van der Waals surface area (Å²) in [6.07, 6.45) is 5.63. The number of hydrogen-bond acceptors (Lipinski definition) is 2. The minimum absolute atomic E-state index is 0.877. The van der Waals surface area contributed by atoms with E-state index in [2.05, 4.69) is 129 Å². The molecule has 0 aliphatic heterocycles. The summed E-state index contributed by atoms with van der Waals surface area (Å²) in [5.41, 5.74) is 6.89. The third-order valence-electron chi connectivity index (χ3n) is 7.26. The van der Waals surface area contributed by atoms with Crippen LogP contribution in [-0.2, 0) is 6.42 Å². The van der Waals surface area contributed by atoms with Crippen molar-refractivity contribution < 1.29 is 0 Å². The Labute approximate surface area is 209 Å². The predicted octanol–water partition coefficient (Wildman–Crippen LogP) is 7.99. The fourth-order valence-corrected chi connectivity index (χ4v) is 5.50. The van der Waals surface area contributed by atoms with E-state index in [0.29, 0.717) is 0 Å². The number of hydrogen-bond donors (Lipinski definition) is 0. The van der Waals surface area contributed by atoms with E-state index in [-0.39, 0.29) is 0 Å². The maximum Gasteiger partial charge on any atom is 0.168 e. The van der Waals surface area contributed by atoms with Crippen molar-refractivity contribution in [2.75, 3.05) is 0 Å². The van der Waals surface area contributed by atoms with Gasteiger partial charge in [-0.1, -0.05) is 74.0 Å². The Hall–Kier alpha value is -4.44. The van der Waals surface area contributed by atoms with Gasteiger partial charge in [-0.25, -0.2) is 0 Å². The predicted molar refractivity (Wildman–Crippen MR) is 149 cm³/mol. The number of nitrogens with zero attached hydrogens (tertiary/aromatic N) is 4. The van der Waals surface area contributed by atoms with Gasteiger partial charge in [-0.2, -0.15) is 0 Å². The quantitative estimate of drug-likeness (QED) is 0.258. The Morgan fingerprint density at radius 2 is 1.25 bits per heavy atom. The number of rotatable bonds is 5. The van der Waals surface area contributed by atoms with Crippen LogP contribution in [-0.4, -0.2) is 19.2 Å². The highest BCUT2D eigenvalue weighted by Crippen LogP contribution is 2.33. The van der Waals surface area contributed by atoms with Gasteiger partial charge in [-0.05, 0) is 60.2 Å². The number of benzene rings is 4. The van der Waals surface area contributed by atoms with Gasteiger partial charge in [-0.15, -0.1) is 10.2 Å². The lowest BCUT2D eigenvalue weighted by atomic mass is 10.0. The van der Waals surface area contributed by atoms with E-state index in [0.717, 1.165) is 34.5 Å². The van der Waals surface area contributed by atoms with Crippen LogP contribution in [0.5, 0.6) is 0 Å². The molecule has 3 aromatic heterocycles. The van der Waals surface area contributed by atoms with Gasteiger partial charge < -0.3 is 4.57 Å². The standard InChI is InChI=1S/C32H26N4/c1-2-3-10-23-21-35-31(33-34-32(35)28-14-5-4-11-25(23)28)22-17-19-24(20-18-22)36-29-15-8-6-12-26(29)27-13-7-9-16-30(27)36/h4-9,11-21H,2-3,10H2,1H3. The van der Waals surface area contributed by atoms with Crippen molar-refractivity contribution >= 4 is 38.2 Å². The lowest BCUT2D eigenvalue weighted by molar-refractivity contribution is 0.795. The molecule has 0 saturated carbocycles. The largest absolute Gasteiger partial charge is 0.309 e. The van der Waals surface area contributed by atoms with Crippen LogP contribution >= 0.6 is 0 Å². The number of aryl methyl sites for hydroxylation is 1. The topological polar surface area (TPSA) is 35.1 Å². The molecule has 0 unspecified atom stereocenters. The summed E-state index contributed by atoms with van der Waals surface area (Å²) < 4.78 is 4.51. The third-order valence-corrected chi connectivity index (χ3v) is 7.26. The molecule has 0 radical (unpaired) electrons. The van der Waals surface area contributed by atoms with Gasteiger partial charge in [0.25, 0.3) is 0 Å².